The molecule has 1 fully saturated rings. The topological polar surface area (TPSA) is 76.2 Å². The molecule has 132 valence electrons. The Hall–Kier alpha value is -1.80. The van der Waals surface area contributed by atoms with Crippen LogP contribution in [0.4, 0.5) is 0 Å². The Kier molecular flexibility index (Phi) is 4.69. The molecule has 1 amide bonds. The number of ether oxygens (including phenoxy) is 2. The van der Waals surface area contributed by atoms with E-state index in [0.717, 1.165) is 17.1 Å². The second-order valence-electron chi connectivity index (χ2n) is 6.17. The van der Waals surface area contributed by atoms with E-state index in [4.69, 9.17) is 9.47 Å². The number of carbonyl (C=O) groups is 1. The Morgan fingerprint density at radius 1 is 1.25 bits per heavy atom. The molecule has 3 rings (SSSR count). The number of rotatable bonds is 3. The van der Waals surface area contributed by atoms with Gasteiger partial charge in [0.1, 0.15) is 18.1 Å². The Labute approximate surface area is 142 Å². The number of nitrogens with zero attached hydrogens (tertiary/aromatic N) is 2. The first-order chi connectivity index (χ1) is 11.4. The molecule has 0 spiro atoms. The van der Waals surface area contributed by atoms with Crippen LogP contribution in [0, 0.1) is 5.92 Å². The van der Waals surface area contributed by atoms with Gasteiger partial charge in [0.05, 0.1) is 19.3 Å². The molecule has 1 saturated heterocycles. The van der Waals surface area contributed by atoms with Crippen LogP contribution in [0.25, 0.3) is 0 Å². The van der Waals surface area contributed by atoms with Gasteiger partial charge in [-0.05, 0) is 18.1 Å². The molecule has 7 nitrogen and oxygen atoms in total. The van der Waals surface area contributed by atoms with Crippen molar-refractivity contribution in [3.8, 4) is 11.5 Å². The van der Waals surface area contributed by atoms with Crippen molar-refractivity contribution >= 4 is 15.9 Å². The molecule has 1 atom stereocenters. The third kappa shape index (κ3) is 3.49. The van der Waals surface area contributed by atoms with Gasteiger partial charge in [-0.3, -0.25) is 4.79 Å². The third-order valence-electron chi connectivity index (χ3n) is 4.55. The van der Waals surface area contributed by atoms with Crippen LogP contribution >= 0.6 is 0 Å². The largest absolute Gasteiger partial charge is 0.497 e. The summed E-state index contributed by atoms with van der Waals surface area (Å²) in [5, 5.41) is 0. The van der Waals surface area contributed by atoms with Crippen molar-refractivity contribution in [2.24, 2.45) is 5.92 Å². The van der Waals surface area contributed by atoms with Crippen LogP contribution in [0.2, 0.25) is 0 Å². The lowest BCUT2D eigenvalue weighted by Gasteiger charge is -2.36. The molecule has 1 aromatic carbocycles. The number of benzene rings is 1. The van der Waals surface area contributed by atoms with Gasteiger partial charge in [-0.15, -0.1) is 0 Å². The smallest absolute Gasteiger partial charge is 0.229 e. The predicted octanol–water partition coefficient (Wildman–Crippen LogP) is 0.350. The molecule has 2 aliphatic rings. The summed E-state index contributed by atoms with van der Waals surface area (Å²) in [5.41, 5.74) is 0.996. The van der Waals surface area contributed by atoms with Gasteiger partial charge >= 0.3 is 0 Å². The van der Waals surface area contributed by atoms with Crippen LogP contribution in [0.15, 0.2) is 18.2 Å². The average molecular weight is 354 g/mol. The first kappa shape index (κ1) is 17.0. The van der Waals surface area contributed by atoms with E-state index in [0.29, 0.717) is 39.2 Å². The SMILES string of the molecule is COc1ccc2c(c1)OC[C@H](C(=O)N1CCN(S(C)(=O)=O)CC1)C2. The second kappa shape index (κ2) is 6.60. The zero-order valence-electron chi connectivity index (χ0n) is 13.9. The van der Waals surface area contributed by atoms with E-state index in [9.17, 15) is 13.2 Å². The lowest BCUT2D eigenvalue weighted by atomic mass is 9.95. The molecule has 0 N–H and O–H groups in total. The minimum absolute atomic E-state index is 0.0321. The molecule has 0 aliphatic carbocycles. The van der Waals surface area contributed by atoms with Gasteiger partial charge in [0.25, 0.3) is 0 Å². The fourth-order valence-corrected chi connectivity index (χ4v) is 3.96. The van der Waals surface area contributed by atoms with Gasteiger partial charge in [0.2, 0.25) is 15.9 Å². The Balaban J connectivity index is 1.63. The first-order valence-electron chi connectivity index (χ1n) is 7.92. The van der Waals surface area contributed by atoms with Crippen molar-refractivity contribution in [3.63, 3.8) is 0 Å². The summed E-state index contributed by atoms with van der Waals surface area (Å²) in [6.07, 6.45) is 1.83. The molecule has 2 aliphatic heterocycles. The van der Waals surface area contributed by atoms with Crippen LogP contribution in [-0.4, -0.2) is 69.7 Å². The van der Waals surface area contributed by atoms with Crippen molar-refractivity contribution in [2.75, 3.05) is 46.2 Å². The van der Waals surface area contributed by atoms with Crippen LogP contribution < -0.4 is 9.47 Å². The first-order valence-corrected chi connectivity index (χ1v) is 9.77. The van der Waals surface area contributed by atoms with E-state index in [1.165, 1.54) is 10.6 Å². The maximum atomic E-state index is 12.7. The summed E-state index contributed by atoms with van der Waals surface area (Å²) in [7, 11) is -1.58. The van der Waals surface area contributed by atoms with Crippen LogP contribution in [0.3, 0.4) is 0 Å². The molecule has 0 saturated carbocycles. The lowest BCUT2D eigenvalue weighted by Crippen LogP contribution is -2.52. The van der Waals surface area contributed by atoms with Crippen LogP contribution in [0.1, 0.15) is 5.56 Å². The van der Waals surface area contributed by atoms with E-state index in [1.54, 1.807) is 12.0 Å². The van der Waals surface area contributed by atoms with E-state index in [-0.39, 0.29) is 11.8 Å². The van der Waals surface area contributed by atoms with Crippen molar-refractivity contribution in [2.45, 2.75) is 6.42 Å². The number of carbonyl (C=O) groups excluding carboxylic acids is 1. The van der Waals surface area contributed by atoms with E-state index in [1.807, 2.05) is 18.2 Å². The van der Waals surface area contributed by atoms with E-state index >= 15 is 0 Å². The molecule has 0 bridgehead atoms. The standard InChI is InChI=1S/C16H22N2O5S/c1-22-14-4-3-12-9-13(11-23-15(12)10-14)16(19)17-5-7-18(8-6-17)24(2,20)21/h3-4,10,13H,5-9,11H2,1-2H3/t13-/m1/s1. The average Bonchev–Trinajstić information content (AvgIpc) is 2.59. The molecular weight excluding hydrogens is 332 g/mol. The normalized spacial score (nSPS) is 21.8. The fourth-order valence-electron chi connectivity index (χ4n) is 3.14. The monoisotopic (exact) mass is 354 g/mol. The van der Waals surface area contributed by atoms with E-state index in [2.05, 4.69) is 0 Å². The summed E-state index contributed by atoms with van der Waals surface area (Å²) >= 11 is 0. The van der Waals surface area contributed by atoms with Gasteiger partial charge in [-0.25, -0.2) is 8.42 Å². The summed E-state index contributed by atoms with van der Waals surface area (Å²) < 4.78 is 35.4. The third-order valence-corrected chi connectivity index (χ3v) is 5.85. The minimum atomic E-state index is -3.19. The maximum absolute atomic E-state index is 12.7. The fraction of sp³-hybridized carbons (Fsp3) is 0.562. The highest BCUT2D eigenvalue weighted by Gasteiger charge is 2.32. The molecule has 2 heterocycles. The van der Waals surface area contributed by atoms with Gasteiger partial charge in [-0.1, -0.05) is 6.07 Å². The number of amides is 1. The predicted molar refractivity (Wildman–Crippen MR) is 88.7 cm³/mol. The summed E-state index contributed by atoms with van der Waals surface area (Å²) in [6.45, 7) is 1.90. The number of methoxy groups -OCH3 is 1. The highest BCUT2D eigenvalue weighted by atomic mass is 32.2. The number of fused-ring (bicyclic) bond motifs is 1. The second-order valence-corrected chi connectivity index (χ2v) is 8.16. The molecule has 1 aromatic rings. The number of piperazine rings is 1. The summed E-state index contributed by atoms with van der Waals surface area (Å²) in [6, 6.07) is 5.62. The highest BCUT2D eigenvalue weighted by Crippen LogP contribution is 2.31. The number of sulfonamides is 1. The number of hydrogen-bond donors (Lipinski definition) is 0. The minimum Gasteiger partial charge on any atom is -0.497 e. The van der Waals surface area contributed by atoms with Gasteiger partial charge < -0.3 is 14.4 Å². The molecule has 0 aromatic heterocycles. The van der Waals surface area contributed by atoms with Gasteiger partial charge in [0, 0.05) is 32.2 Å². The Morgan fingerprint density at radius 3 is 2.58 bits per heavy atom. The van der Waals surface area contributed by atoms with E-state index < -0.39 is 10.0 Å². The molecular formula is C16H22N2O5S. The van der Waals surface area contributed by atoms with Gasteiger partial charge in [0.15, 0.2) is 0 Å². The quantitative estimate of drug-likeness (QED) is 0.783. The van der Waals surface area contributed by atoms with Crippen LogP contribution in [-0.2, 0) is 21.2 Å². The summed E-state index contributed by atoms with van der Waals surface area (Å²) in [4.78, 5) is 14.4. The van der Waals surface area contributed by atoms with Crippen molar-refractivity contribution < 1.29 is 22.7 Å². The Morgan fingerprint density at radius 2 is 1.96 bits per heavy atom. The zero-order chi connectivity index (χ0) is 17.3. The highest BCUT2D eigenvalue weighted by molar-refractivity contribution is 7.88. The molecule has 0 unspecified atom stereocenters. The van der Waals surface area contributed by atoms with Crippen molar-refractivity contribution in [3.05, 3.63) is 23.8 Å². The molecule has 24 heavy (non-hydrogen) atoms. The van der Waals surface area contributed by atoms with Crippen LogP contribution in [0.5, 0.6) is 11.5 Å². The zero-order valence-corrected chi connectivity index (χ0v) is 14.7. The molecule has 8 heteroatoms. The lowest BCUT2D eigenvalue weighted by molar-refractivity contribution is -0.138. The Bertz CT molecular complexity index is 726. The maximum Gasteiger partial charge on any atom is 0.229 e. The van der Waals surface area contributed by atoms with Crippen molar-refractivity contribution in [1.29, 1.82) is 0 Å². The van der Waals surface area contributed by atoms with Crippen molar-refractivity contribution in [1.82, 2.24) is 9.21 Å². The van der Waals surface area contributed by atoms with Gasteiger partial charge in [-0.2, -0.15) is 4.31 Å². The molecule has 0 radical (unpaired) electrons. The summed E-state index contributed by atoms with van der Waals surface area (Å²) in [5.74, 6) is 1.30. The number of hydrogen-bond acceptors (Lipinski definition) is 5.